The number of aliphatic hydroxyl groups excluding tert-OH is 2. The minimum atomic E-state index is -4.78. The van der Waals surface area contributed by atoms with Crippen LogP contribution in [0.1, 0.15) is 31.4 Å². The number of hydrogen-bond donors (Lipinski definition) is 2. The molecule has 208 valence electrons. The fourth-order valence-electron chi connectivity index (χ4n) is 4.87. The van der Waals surface area contributed by atoms with Gasteiger partial charge < -0.3 is 20.0 Å². The average molecular weight is 566 g/mol. The number of rotatable bonds is 6. The van der Waals surface area contributed by atoms with Crippen molar-refractivity contribution < 1.29 is 32.6 Å². The molecule has 0 saturated carbocycles. The highest BCUT2D eigenvalue weighted by atomic mass is 35.5. The van der Waals surface area contributed by atoms with Gasteiger partial charge in [-0.3, -0.25) is 4.79 Å². The number of nitrogens with zero attached hydrogens (tertiary/aromatic N) is 3. The Kier molecular flexibility index (Phi) is 7.93. The maximum absolute atomic E-state index is 14.2. The van der Waals surface area contributed by atoms with Crippen LogP contribution in [0.15, 0.2) is 54.7 Å². The lowest BCUT2D eigenvalue weighted by Crippen LogP contribution is -2.42. The molecule has 1 amide bonds. The van der Waals surface area contributed by atoms with Crippen LogP contribution in [0.2, 0.25) is 5.02 Å². The zero-order valence-corrected chi connectivity index (χ0v) is 22.3. The Morgan fingerprint density at radius 2 is 1.79 bits per heavy atom. The average Bonchev–Trinajstić information content (AvgIpc) is 3.27. The van der Waals surface area contributed by atoms with Crippen LogP contribution in [0.25, 0.3) is 11.1 Å². The molecule has 0 bridgehead atoms. The minimum Gasteiger partial charge on any atom is -0.394 e. The molecule has 4 rings (SSSR count). The van der Waals surface area contributed by atoms with E-state index in [0.29, 0.717) is 40.1 Å². The van der Waals surface area contributed by atoms with Gasteiger partial charge in [-0.1, -0.05) is 29.8 Å². The van der Waals surface area contributed by atoms with E-state index in [2.05, 4.69) is 4.98 Å². The van der Waals surface area contributed by atoms with Gasteiger partial charge in [0.2, 0.25) is 5.91 Å². The minimum absolute atomic E-state index is 0.132. The summed E-state index contributed by atoms with van der Waals surface area (Å²) in [5, 5.41) is 20.3. The lowest BCUT2D eigenvalue weighted by molar-refractivity contribution is -0.138. The molecule has 1 aliphatic heterocycles. The number of anilines is 2. The third-order valence-corrected chi connectivity index (χ3v) is 7.41. The van der Waals surface area contributed by atoms with E-state index in [1.54, 1.807) is 35.2 Å². The molecule has 11 heteroatoms. The molecule has 0 radical (unpaired) electrons. The third-order valence-electron chi connectivity index (χ3n) is 7.08. The third kappa shape index (κ3) is 5.73. The van der Waals surface area contributed by atoms with Gasteiger partial charge in [0.05, 0.1) is 41.6 Å². The summed E-state index contributed by atoms with van der Waals surface area (Å²) < 4.78 is 54.3. The van der Waals surface area contributed by atoms with Crippen molar-refractivity contribution in [3.05, 3.63) is 76.7 Å². The van der Waals surface area contributed by atoms with E-state index in [9.17, 15) is 32.6 Å². The molecule has 1 aromatic heterocycles. The summed E-state index contributed by atoms with van der Waals surface area (Å²) >= 11 is 6.50. The first-order valence-electron chi connectivity index (χ1n) is 12.2. The Hall–Kier alpha value is -3.21. The van der Waals surface area contributed by atoms with Gasteiger partial charge in [0, 0.05) is 29.7 Å². The Labute approximate surface area is 228 Å². The van der Waals surface area contributed by atoms with E-state index in [1.807, 2.05) is 0 Å². The summed E-state index contributed by atoms with van der Waals surface area (Å²) in [5.74, 6) is -1.25. The van der Waals surface area contributed by atoms with Crippen LogP contribution in [0.3, 0.4) is 0 Å². The number of carbonyl (C=O) groups excluding carboxylic acids is 1. The van der Waals surface area contributed by atoms with Crippen molar-refractivity contribution in [3.8, 4) is 11.1 Å². The van der Waals surface area contributed by atoms with Gasteiger partial charge in [0.1, 0.15) is 11.6 Å². The van der Waals surface area contributed by atoms with Gasteiger partial charge in [-0.15, -0.1) is 0 Å². The quantitative estimate of drug-likeness (QED) is 0.390. The number of hydrogen-bond acceptors (Lipinski definition) is 5. The fourth-order valence-corrected chi connectivity index (χ4v) is 5.11. The number of carbonyl (C=O) groups is 1. The van der Waals surface area contributed by atoms with E-state index >= 15 is 0 Å². The van der Waals surface area contributed by atoms with Crippen LogP contribution >= 0.6 is 11.6 Å². The number of amides is 1. The number of β-amino-alcohol motifs (C(OH)–C–C–N with tert-alkyl or cyclic N) is 1. The normalized spacial score (nSPS) is 17.9. The fraction of sp³-hybridized carbons (Fsp3) is 0.357. The number of pyridine rings is 1. The summed E-state index contributed by atoms with van der Waals surface area (Å²) in [6, 6.07) is 10.4. The molecule has 2 atom stereocenters. The molecular weight excluding hydrogens is 538 g/mol. The lowest BCUT2D eigenvalue weighted by atomic mass is 9.82. The number of aromatic nitrogens is 1. The second kappa shape index (κ2) is 10.7. The second-order valence-corrected chi connectivity index (χ2v) is 10.5. The topological polar surface area (TPSA) is 76.9 Å². The summed E-state index contributed by atoms with van der Waals surface area (Å²) in [5.41, 5.74) is -1.47. The van der Waals surface area contributed by atoms with Gasteiger partial charge in [-0.2, -0.15) is 13.2 Å². The van der Waals surface area contributed by atoms with Gasteiger partial charge in [-0.05, 0) is 56.2 Å². The van der Waals surface area contributed by atoms with E-state index in [0.717, 1.165) is 12.1 Å². The molecule has 2 heterocycles. The standard InChI is InChI=1S/C28H28ClF4N3O3/c1-27(2,16-8-17(28(31,32)33)10-18(30)9-16)26(39)35(3)24-13-34-25(36-14-20(38)11-19(36)15-37)12-22(24)21-6-4-5-7-23(21)29/h4-10,12-13,19-20,37-38H,11,14-15H2,1-3H3/t19-,20+/m0/s1. The van der Waals surface area contributed by atoms with Gasteiger partial charge in [-0.25, -0.2) is 9.37 Å². The molecule has 1 fully saturated rings. The van der Waals surface area contributed by atoms with E-state index in [4.69, 9.17) is 11.6 Å². The number of alkyl halides is 3. The van der Waals surface area contributed by atoms with Gasteiger partial charge in [0.25, 0.3) is 0 Å². The molecule has 0 aliphatic carbocycles. The van der Waals surface area contributed by atoms with Crippen molar-refractivity contribution in [2.24, 2.45) is 0 Å². The molecule has 3 aromatic rings. The van der Waals surface area contributed by atoms with Gasteiger partial charge >= 0.3 is 6.18 Å². The zero-order valence-electron chi connectivity index (χ0n) is 21.5. The first-order valence-corrected chi connectivity index (χ1v) is 12.6. The highest BCUT2D eigenvalue weighted by molar-refractivity contribution is 6.33. The molecule has 2 aromatic carbocycles. The first kappa shape index (κ1) is 28.8. The maximum Gasteiger partial charge on any atom is 0.416 e. The molecule has 0 spiro atoms. The maximum atomic E-state index is 14.2. The first-order chi connectivity index (χ1) is 18.2. The summed E-state index contributed by atoms with van der Waals surface area (Å²) in [7, 11) is 1.46. The van der Waals surface area contributed by atoms with Gasteiger partial charge in [0.15, 0.2) is 0 Å². The Morgan fingerprint density at radius 3 is 2.44 bits per heavy atom. The largest absolute Gasteiger partial charge is 0.416 e. The van der Waals surface area contributed by atoms with E-state index in [1.165, 1.54) is 32.0 Å². The lowest BCUT2D eigenvalue weighted by Gasteiger charge is -2.32. The highest BCUT2D eigenvalue weighted by Gasteiger charge is 2.38. The SMILES string of the molecule is CN(C(=O)C(C)(C)c1cc(F)cc(C(F)(F)F)c1)c1cnc(N2C[C@H](O)C[C@H]2CO)cc1-c1ccccc1Cl. The molecule has 6 nitrogen and oxygen atoms in total. The Balaban J connectivity index is 1.79. The van der Waals surface area contributed by atoms with Crippen LogP contribution in [0, 0.1) is 5.82 Å². The number of likely N-dealkylation sites (N-methyl/N-ethyl adjacent to an activating group) is 1. The number of benzene rings is 2. The van der Waals surface area contributed by atoms with E-state index < -0.39 is 35.0 Å². The van der Waals surface area contributed by atoms with Crippen molar-refractivity contribution in [3.63, 3.8) is 0 Å². The number of halogens is 5. The molecular formula is C28H28ClF4N3O3. The molecule has 39 heavy (non-hydrogen) atoms. The summed E-state index contributed by atoms with van der Waals surface area (Å²) in [6.45, 7) is 2.91. The molecule has 0 unspecified atom stereocenters. The molecule has 1 saturated heterocycles. The van der Waals surface area contributed by atoms with E-state index in [-0.39, 0.29) is 24.8 Å². The molecule has 2 N–H and O–H groups in total. The molecule has 1 aliphatic rings. The number of aliphatic hydroxyl groups is 2. The monoisotopic (exact) mass is 565 g/mol. The summed E-state index contributed by atoms with van der Waals surface area (Å²) in [4.78, 5) is 21.3. The Bertz CT molecular complexity index is 1380. The van der Waals surface area contributed by atoms with Crippen LogP contribution in [0.4, 0.5) is 29.1 Å². The van der Waals surface area contributed by atoms with Crippen molar-refractivity contribution in [2.45, 2.75) is 44.0 Å². The van der Waals surface area contributed by atoms with Crippen LogP contribution in [-0.4, -0.2) is 53.4 Å². The smallest absolute Gasteiger partial charge is 0.394 e. The van der Waals surface area contributed by atoms with Crippen LogP contribution < -0.4 is 9.80 Å². The van der Waals surface area contributed by atoms with Crippen molar-refractivity contribution in [1.82, 2.24) is 4.98 Å². The Morgan fingerprint density at radius 1 is 1.13 bits per heavy atom. The second-order valence-electron chi connectivity index (χ2n) is 10.1. The van der Waals surface area contributed by atoms with Crippen molar-refractivity contribution >= 4 is 29.0 Å². The van der Waals surface area contributed by atoms with Crippen LogP contribution in [-0.2, 0) is 16.4 Å². The summed E-state index contributed by atoms with van der Waals surface area (Å²) in [6.07, 6.45) is -3.63. The zero-order chi connectivity index (χ0) is 28.7. The van der Waals surface area contributed by atoms with Crippen molar-refractivity contribution in [2.75, 3.05) is 30.0 Å². The predicted octanol–water partition coefficient (Wildman–Crippen LogP) is 5.43. The van der Waals surface area contributed by atoms with Crippen LogP contribution in [0.5, 0.6) is 0 Å². The predicted molar refractivity (Wildman–Crippen MR) is 141 cm³/mol. The highest BCUT2D eigenvalue weighted by Crippen LogP contribution is 2.40. The van der Waals surface area contributed by atoms with Crippen molar-refractivity contribution in [1.29, 1.82) is 0 Å².